The number of Topliss-reactive ketones (excluding diaryl/α,β-unsaturated/α-hetero) is 1. The summed E-state index contributed by atoms with van der Waals surface area (Å²) in [6.07, 6.45) is -0.873. The molecule has 12 heteroatoms. The Morgan fingerprint density at radius 1 is 1.13 bits per heavy atom. The number of aryl methyl sites for hydroxylation is 1. The van der Waals surface area contributed by atoms with E-state index in [2.05, 4.69) is 14.8 Å². The molecule has 0 saturated carbocycles. The van der Waals surface area contributed by atoms with Gasteiger partial charge in [0.15, 0.2) is 5.78 Å². The van der Waals surface area contributed by atoms with Crippen LogP contribution < -0.4 is 9.47 Å². The highest BCUT2D eigenvalue weighted by atomic mass is 19.4. The van der Waals surface area contributed by atoms with Crippen LogP contribution >= 0.6 is 0 Å². The molecule has 1 aliphatic heterocycles. The molecule has 2 atom stereocenters. The molecule has 1 amide bonds. The van der Waals surface area contributed by atoms with Crippen LogP contribution in [0.5, 0.6) is 11.6 Å². The van der Waals surface area contributed by atoms with Gasteiger partial charge in [-0.2, -0.15) is 5.10 Å². The second-order valence-corrected chi connectivity index (χ2v) is 9.12. The number of ether oxygens (including phenoxy) is 2. The highest BCUT2D eigenvalue weighted by Crippen LogP contribution is 2.28. The number of hydrogen-bond acceptors (Lipinski definition) is 6. The van der Waals surface area contributed by atoms with Crippen molar-refractivity contribution in [2.24, 2.45) is 13.0 Å². The summed E-state index contributed by atoms with van der Waals surface area (Å²) in [5.41, 5.74) is 2.26. The van der Waals surface area contributed by atoms with Crippen molar-refractivity contribution in [1.82, 2.24) is 19.7 Å². The Labute approximate surface area is 216 Å². The summed E-state index contributed by atoms with van der Waals surface area (Å²) in [5.74, 6) is -1.34. The largest absolute Gasteiger partial charge is 0.573 e. The Morgan fingerprint density at radius 3 is 2.47 bits per heavy atom. The van der Waals surface area contributed by atoms with E-state index in [4.69, 9.17) is 4.74 Å². The maximum atomic E-state index is 15.0. The van der Waals surface area contributed by atoms with Crippen molar-refractivity contribution >= 4 is 11.7 Å². The topological polar surface area (TPSA) is 86.6 Å². The number of carbonyl (C=O) groups is 2. The molecule has 0 radical (unpaired) electrons. The first-order valence-electron chi connectivity index (χ1n) is 11.9. The molecule has 8 nitrogen and oxygen atoms in total. The van der Waals surface area contributed by atoms with Gasteiger partial charge in [-0.25, -0.2) is 9.37 Å². The second-order valence-electron chi connectivity index (χ2n) is 9.12. The number of nitrogens with zero attached hydrogens (tertiary/aromatic N) is 4. The van der Waals surface area contributed by atoms with Crippen LogP contribution in [0.4, 0.5) is 17.6 Å². The van der Waals surface area contributed by atoms with E-state index in [0.717, 1.165) is 17.7 Å². The number of amides is 1. The van der Waals surface area contributed by atoms with E-state index in [1.54, 1.807) is 36.4 Å². The summed E-state index contributed by atoms with van der Waals surface area (Å²) in [7, 11) is 1.78. The van der Waals surface area contributed by atoms with Crippen molar-refractivity contribution < 1.29 is 36.6 Å². The number of ketones is 1. The van der Waals surface area contributed by atoms with Crippen LogP contribution in [0.25, 0.3) is 11.1 Å². The molecule has 3 heterocycles. The van der Waals surface area contributed by atoms with E-state index in [-0.39, 0.29) is 48.5 Å². The van der Waals surface area contributed by atoms with E-state index in [1.165, 1.54) is 24.0 Å². The fourth-order valence-electron chi connectivity index (χ4n) is 4.20. The number of benzene rings is 1. The molecule has 2 aromatic heterocycles. The third kappa shape index (κ3) is 6.87. The monoisotopic (exact) mass is 534 g/mol. The Kier molecular flexibility index (Phi) is 7.98. The zero-order valence-electron chi connectivity index (χ0n) is 20.7. The lowest BCUT2D eigenvalue weighted by molar-refractivity contribution is -0.274. The van der Waals surface area contributed by atoms with Gasteiger partial charge in [0.2, 0.25) is 11.8 Å². The van der Waals surface area contributed by atoms with Crippen LogP contribution in [0.3, 0.4) is 0 Å². The van der Waals surface area contributed by atoms with Crippen molar-refractivity contribution in [3.63, 3.8) is 0 Å². The van der Waals surface area contributed by atoms with Gasteiger partial charge < -0.3 is 14.4 Å². The molecule has 0 aliphatic carbocycles. The smallest absolute Gasteiger partial charge is 0.477 e. The van der Waals surface area contributed by atoms with Crippen LogP contribution in [-0.4, -0.2) is 63.6 Å². The van der Waals surface area contributed by atoms with Crippen LogP contribution in [0, 0.1) is 5.92 Å². The first-order valence-corrected chi connectivity index (χ1v) is 11.9. The van der Waals surface area contributed by atoms with Gasteiger partial charge in [-0.1, -0.05) is 12.1 Å². The lowest BCUT2D eigenvalue weighted by atomic mass is 9.95. The van der Waals surface area contributed by atoms with Gasteiger partial charge in [-0.05, 0) is 37.1 Å². The Morgan fingerprint density at radius 2 is 1.87 bits per heavy atom. The van der Waals surface area contributed by atoms with Crippen LogP contribution in [0.15, 0.2) is 48.9 Å². The fraction of sp³-hybridized carbons (Fsp3) is 0.385. The minimum atomic E-state index is -4.80. The van der Waals surface area contributed by atoms with Crippen molar-refractivity contribution in [1.29, 1.82) is 0 Å². The number of aromatic nitrogens is 3. The summed E-state index contributed by atoms with van der Waals surface area (Å²) >= 11 is 0. The molecule has 1 aromatic carbocycles. The summed E-state index contributed by atoms with van der Waals surface area (Å²) in [5, 5.41) is 4.11. The molecule has 1 aliphatic rings. The van der Waals surface area contributed by atoms with E-state index in [0.29, 0.717) is 24.1 Å². The Hall–Kier alpha value is -3.96. The summed E-state index contributed by atoms with van der Waals surface area (Å²) in [4.78, 5) is 30.5. The predicted molar refractivity (Wildman–Crippen MR) is 128 cm³/mol. The van der Waals surface area contributed by atoms with Gasteiger partial charge in [0.05, 0.1) is 31.3 Å². The van der Waals surface area contributed by atoms with Crippen molar-refractivity contribution in [3.05, 3.63) is 60.0 Å². The van der Waals surface area contributed by atoms with Gasteiger partial charge in [-0.15, -0.1) is 13.2 Å². The van der Waals surface area contributed by atoms with E-state index < -0.39 is 18.5 Å². The molecular weight excluding hydrogens is 508 g/mol. The van der Waals surface area contributed by atoms with Gasteiger partial charge in [0, 0.05) is 43.0 Å². The fourth-order valence-corrected chi connectivity index (χ4v) is 4.20. The van der Waals surface area contributed by atoms with E-state index >= 15 is 0 Å². The van der Waals surface area contributed by atoms with Gasteiger partial charge in [0.25, 0.3) is 0 Å². The van der Waals surface area contributed by atoms with Crippen molar-refractivity contribution in [2.75, 3.05) is 19.7 Å². The molecule has 0 bridgehead atoms. The minimum Gasteiger partial charge on any atom is -0.477 e. The number of hydrogen-bond donors (Lipinski definition) is 0. The molecule has 4 rings (SSSR count). The number of likely N-dealkylation sites (tertiary alicyclic amines) is 1. The molecule has 2 unspecified atom stereocenters. The molecule has 202 valence electrons. The van der Waals surface area contributed by atoms with Gasteiger partial charge >= 0.3 is 6.36 Å². The Balaban J connectivity index is 1.31. The maximum Gasteiger partial charge on any atom is 0.573 e. The highest BCUT2D eigenvalue weighted by molar-refractivity contribution is 5.97. The number of alkyl halides is 4. The summed E-state index contributed by atoms with van der Waals surface area (Å²) < 4.78 is 63.1. The second kappa shape index (κ2) is 11.2. The quantitative estimate of drug-likeness (QED) is 0.315. The summed E-state index contributed by atoms with van der Waals surface area (Å²) in [6, 6.07) is 6.66. The molecule has 3 aromatic rings. The number of carbonyl (C=O) groups excluding carboxylic acids is 2. The number of halogens is 4. The van der Waals surface area contributed by atoms with Crippen molar-refractivity contribution in [3.8, 4) is 22.8 Å². The van der Waals surface area contributed by atoms with Crippen LogP contribution in [0.1, 0.15) is 29.3 Å². The normalized spacial score (nSPS) is 17.8. The first kappa shape index (κ1) is 27.1. The molecule has 1 saturated heterocycles. The lowest BCUT2D eigenvalue weighted by Crippen LogP contribution is -2.47. The highest BCUT2D eigenvalue weighted by Gasteiger charge is 2.33. The van der Waals surface area contributed by atoms with Gasteiger partial charge in [0.1, 0.15) is 11.9 Å². The standard InChI is InChI=1S/C26H26F4N4O4/c1-16(35)22-10-19(20-12-32-33(2)13-20)11-31-25(22)37-15-18-7-8-34(14-23(18)27)24(36)9-17-3-5-21(6-4-17)38-26(28,29)30/h3-6,10-13,18,23H,7-9,14-15H2,1-2H3. The number of pyridine rings is 1. The third-order valence-corrected chi connectivity index (χ3v) is 6.24. The maximum absolute atomic E-state index is 15.0. The molecular formula is C26H26F4N4O4. The zero-order chi connectivity index (χ0) is 27.4. The average molecular weight is 535 g/mol. The molecule has 0 N–H and O–H groups in total. The minimum absolute atomic E-state index is 0.0105. The number of rotatable bonds is 8. The average Bonchev–Trinajstić information content (AvgIpc) is 3.29. The third-order valence-electron chi connectivity index (χ3n) is 6.24. The summed E-state index contributed by atoms with van der Waals surface area (Å²) in [6.45, 7) is 1.56. The number of piperidine rings is 1. The molecule has 38 heavy (non-hydrogen) atoms. The van der Waals surface area contributed by atoms with Gasteiger partial charge in [-0.3, -0.25) is 14.3 Å². The molecule has 0 spiro atoms. The SMILES string of the molecule is CC(=O)c1cc(-c2cnn(C)c2)cnc1OCC1CCN(C(=O)Cc2ccc(OC(F)(F)F)cc2)CC1F. The first-order chi connectivity index (χ1) is 18.0. The van der Waals surface area contributed by atoms with E-state index in [9.17, 15) is 27.2 Å². The molecule has 1 fully saturated rings. The zero-order valence-corrected chi connectivity index (χ0v) is 20.7. The van der Waals surface area contributed by atoms with Crippen LogP contribution in [-0.2, 0) is 18.3 Å². The van der Waals surface area contributed by atoms with E-state index in [1.807, 2.05) is 0 Å². The van der Waals surface area contributed by atoms with Crippen LogP contribution in [0.2, 0.25) is 0 Å². The lowest BCUT2D eigenvalue weighted by Gasteiger charge is -2.34. The predicted octanol–water partition coefficient (Wildman–Crippen LogP) is 4.39. The Bertz CT molecular complexity index is 1290. The van der Waals surface area contributed by atoms with Crippen molar-refractivity contribution in [2.45, 2.75) is 32.3 Å².